The fraction of sp³-hybridized carbons (Fsp3) is 0.290. The summed E-state index contributed by atoms with van der Waals surface area (Å²) in [5, 5.41) is 20.8. The van der Waals surface area contributed by atoms with Crippen molar-refractivity contribution in [1.29, 1.82) is 0 Å². The Bertz CT molecular complexity index is 1370. The number of hydrogen-bond acceptors (Lipinski definition) is 5. The van der Waals surface area contributed by atoms with Crippen LogP contribution in [0.25, 0.3) is 0 Å². The molecule has 3 aromatic carbocycles. The Balaban J connectivity index is 1.36. The van der Waals surface area contributed by atoms with Gasteiger partial charge in [0.1, 0.15) is 0 Å². The molecule has 3 aromatic rings. The molecule has 1 aliphatic heterocycles. The smallest absolute Gasteiger partial charge is 0.335 e. The number of anilines is 3. The molecule has 0 bridgehead atoms. The number of benzene rings is 3. The summed E-state index contributed by atoms with van der Waals surface area (Å²) in [7, 11) is 0. The van der Waals surface area contributed by atoms with Crippen LogP contribution in [0.2, 0.25) is 0 Å². The molecule has 5 N–H and O–H groups in total. The maximum Gasteiger partial charge on any atom is 0.335 e. The summed E-state index contributed by atoms with van der Waals surface area (Å²) >= 11 is 0. The zero-order valence-corrected chi connectivity index (χ0v) is 23.0. The average Bonchev–Trinajstić information content (AvgIpc) is 2.96. The molecule has 0 aromatic heterocycles. The van der Waals surface area contributed by atoms with Crippen molar-refractivity contribution in [3.63, 3.8) is 0 Å². The van der Waals surface area contributed by atoms with E-state index < -0.39 is 5.97 Å². The first-order valence-corrected chi connectivity index (χ1v) is 13.6. The van der Waals surface area contributed by atoms with Crippen molar-refractivity contribution in [2.75, 3.05) is 42.1 Å². The molecule has 0 saturated carbocycles. The van der Waals surface area contributed by atoms with Gasteiger partial charge in [0, 0.05) is 23.6 Å². The van der Waals surface area contributed by atoms with Crippen LogP contribution in [0.15, 0.2) is 72.8 Å². The zero-order valence-electron chi connectivity index (χ0n) is 23.0. The van der Waals surface area contributed by atoms with Gasteiger partial charge in [-0.25, -0.2) is 9.59 Å². The van der Waals surface area contributed by atoms with Crippen LogP contribution in [-0.4, -0.2) is 60.0 Å². The van der Waals surface area contributed by atoms with Crippen molar-refractivity contribution in [1.82, 2.24) is 10.2 Å². The van der Waals surface area contributed by atoms with E-state index in [0.717, 1.165) is 42.7 Å². The van der Waals surface area contributed by atoms with Gasteiger partial charge in [-0.15, -0.1) is 0 Å². The van der Waals surface area contributed by atoms with Crippen molar-refractivity contribution < 1.29 is 24.3 Å². The molecular formula is C31H35N5O5. The Labute approximate surface area is 239 Å². The van der Waals surface area contributed by atoms with Gasteiger partial charge in [0.25, 0.3) is 0 Å². The van der Waals surface area contributed by atoms with Crippen LogP contribution in [0, 0.1) is 12.8 Å². The molecule has 0 spiro atoms. The van der Waals surface area contributed by atoms with E-state index in [0.29, 0.717) is 23.8 Å². The van der Waals surface area contributed by atoms with Crippen molar-refractivity contribution in [3.05, 3.63) is 89.5 Å². The third-order valence-electron chi connectivity index (χ3n) is 7.00. The van der Waals surface area contributed by atoms with Gasteiger partial charge in [-0.05, 0) is 92.4 Å². The molecule has 4 amide bonds. The predicted molar refractivity (Wildman–Crippen MR) is 158 cm³/mol. The van der Waals surface area contributed by atoms with Gasteiger partial charge in [0.2, 0.25) is 11.8 Å². The van der Waals surface area contributed by atoms with Gasteiger partial charge in [-0.2, -0.15) is 0 Å². The summed E-state index contributed by atoms with van der Waals surface area (Å²) in [6.45, 7) is 4.03. The van der Waals surface area contributed by atoms with E-state index in [1.807, 2.05) is 31.2 Å². The summed E-state index contributed by atoms with van der Waals surface area (Å²) in [5.74, 6) is -1.27. The quantitative estimate of drug-likeness (QED) is 0.251. The first-order valence-electron chi connectivity index (χ1n) is 13.6. The lowest BCUT2D eigenvalue weighted by molar-refractivity contribution is -0.134. The number of carboxylic acid groups (broad SMARTS) is 1. The van der Waals surface area contributed by atoms with E-state index in [1.165, 1.54) is 24.3 Å². The second kappa shape index (κ2) is 14.1. The summed E-state index contributed by atoms with van der Waals surface area (Å²) in [6.07, 6.45) is 1.96. The number of aryl methyl sites for hydroxylation is 1. The Morgan fingerprint density at radius 1 is 0.854 bits per heavy atom. The molecule has 0 radical (unpaired) electrons. The number of nitrogens with one attached hydrogen (secondary N) is 4. The van der Waals surface area contributed by atoms with Gasteiger partial charge < -0.3 is 31.3 Å². The number of carbonyl (C=O) groups is 4. The minimum atomic E-state index is -1.05. The lowest BCUT2D eigenvalue weighted by Gasteiger charge is -2.30. The predicted octanol–water partition coefficient (Wildman–Crippen LogP) is 4.35. The van der Waals surface area contributed by atoms with Crippen LogP contribution in [0.1, 0.15) is 34.3 Å². The fourth-order valence-electron chi connectivity index (χ4n) is 4.69. The Morgan fingerprint density at radius 2 is 1.49 bits per heavy atom. The molecule has 1 fully saturated rings. The number of urea groups is 1. The molecule has 41 heavy (non-hydrogen) atoms. The molecule has 4 rings (SSSR count). The fourth-order valence-corrected chi connectivity index (χ4v) is 4.69. The van der Waals surface area contributed by atoms with E-state index in [-0.39, 0.29) is 36.4 Å². The van der Waals surface area contributed by atoms with Crippen LogP contribution < -0.4 is 21.3 Å². The van der Waals surface area contributed by atoms with Crippen LogP contribution >= 0.6 is 0 Å². The highest BCUT2D eigenvalue weighted by Gasteiger charge is 2.23. The number of hydrogen-bond donors (Lipinski definition) is 5. The van der Waals surface area contributed by atoms with Gasteiger partial charge in [-0.3, -0.25) is 9.59 Å². The SMILES string of the molecule is Cc1ccccc1NC(=O)Nc1ccc(CC(=O)N(CC(=O)Nc2ccc(C(=O)O)cc2)CC2CCNCC2)cc1. The molecule has 1 saturated heterocycles. The zero-order chi connectivity index (χ0) is 29.2. The molecule has 1 heterocycles. The average molecular weight is 558 g/mol. The van der Waals surface area contributed by atoms with Crippen LogP contribution in [0.4, 0.5) is 21.9 Å². The van der Waals surface area contributed by atoms with Crippen molar-refractivity contribution in [2.45, 2.75) is 26.2 Å². The Kier molecular flexibility index (Phi) is 10.1. The highest BCUT2D eigenvalue weighted by Crippen LogP contribution is 2.18. The number of para-hydroxylation sites is 1. The molecule has 1 aliphatic rings. The van der Waals surface area contributed by atoms with Crippen LogP contribution in [-0.2, 0) is 16.0 Å². The summed E-state index contributed by atoms with van der Waals surface area (Å²) in [6, 6.07) is 20.1. The summed E-state index contributed by atoms with van der Waals surface area (Å²) < 4.78 is 0. The number of amides is 4. The molecule has 214 valence electrons. The van der Waals surface area contributed by atoms with Gasteiger partial charge >= 0.3 is 12.0 Å². The Hall–Kier alpha value is -4.70. The van der Waals surface area contributed by atoms with E-state index in [1.54, 1.807) is 29.2 Å². The number of carboxylic acids is 1. The topological polar surface area (TPSA) is 140 Å². The number of carbonyl (C=O) groups excluding carboxylic acids is 3. The molecule has 0 atom stereocenters. The summed E-state index contributed by atoms with van der Waals surface area (Å²) in [5.41, 5.74) is 3.62. The third kappa shape index (κ3) is 8.91. The highest BCUT2D eigenvalue weighted by atomic mass is 16.4. The highest BCUT2D eigenvalue weighted by molar-refractivity contribution is 6.00. The van der Waals surface area contributed by atoms with Gasteiger partial charge in [0.15, 0.2) is 0 Å². The van der Waals surface area contributed by atoms with Crippen LogP contribution in [0.3, 0.4) is 0 Å². The molecular weight excluding hydrogens is 522 g/mol. The standard InChI is InChI=1S/C31H35N5O5/c1-21-4-2-3-5-27(21)35-31(41)34-26-10-6-22(7-11-26)18-29(38)36(19-23-14-16-32-17-15-23)20-28(37)33-25-12-8-24(9-13-25)30(39)40/h2-13,23,32H,14-20H2,1H3,(H,33,37)(H,39,40)(H2,34,35,41). The van der Waals surface area contributed by atoms with Crippen molar-refractivity contribution in [3.8, 4) is 0 Å². The summed E-state index contributed by atoms with van der Waals surface area (Å²) in [4.78, 5) is 51.3. The van der Waals surface area contributed by atoms with Gasteiger partial charge in [0.05, 0.1) is 18.5 Å². The normalized spacial score (nSPS) is 13.2. The molecule has 10 heteroatoms. The van der Waals surface area contributed by atoms with E-state index >= 15 is 0 Å². The maximum absolute atomic E-state index is 13.4. The van der Waals surface area contributed by atoms with Crippen molar-refractivity contribution >= 4 is 40.9 Å². The molecule has 0 aliphatic carbocycles. The van der Waals surface area contributed by atoms with Crippen LogP contribution in [0.5, 0.6) is 0 Å². The second-order valence-corrected chi connectivity index (χ2v) is 10.2. The first-order chi connectivity index (χ1) is 19.8. The Morgan fingerprint density at radius 3 is 2.15 bits per heavy atom. The van der Waals surface area contributed by atoms with E-state index in [9.17, 15) is 19.2 Å². The lowest BCUT2D eigenvalue weighted by Crippen LogP contribution is -2.43. The minimum Gasteiger partial charge on any atom is -0.478 e. The first kappa shape index (κ1) is 29.3. The van der Waals surface area contributed by atoms with E-state index in [4.69, 9.17) is 5.11 Å². The minimum absolute atomic E-state index is 0.109. The molecule has 0 unspecified atom stereocenters. The number of aromatic carboxylic acids is 1. The largest absolute Gasteiger partial charge is 0.478 e. The number of piperidine rings is 1. The second-order valence-electron chi connectivity index (χ2n) is 10.2. The van der Waals surface area contributed by atoms with Crippen molar-refractivity contribution in [2.24, 2.45) is 5.92 Å². The third-order valence-corrected chi connectivity index (χ3v) is 7.00. The monoisotopic (exact) mass is 557 g/mol. The van der Waals surface area contributed by atoms with E-state index in [2.05, 4.69) is 21.3 Å². The van der Waals surface area contributed by atoms with Gasteiger partial charge in [-0.1, -0.05) is 30.3 Å². The lowest BCUT2D eigenvalue weighted by atomic mass is 9.97. The molecule has 10 nitrogen and oxygen atoms in total. The number of nitrogens with zero attached hydrogens (tertiary/aromatic N) is 1. The maximum atomic E-state index is 13.4. The number of rotatable bonds is 10.